The maximum absolute atomic E-state index is 12.8. The van der Waals surface area contributed by atoms with Gasteiger partial charge in [0.05, 0.1) is 12.7 Å². The van der Waals surface area contributed by atoms with E-state index >= 15 is 0 Å². The van der Waals surface area contributed by atoms with E-state index in [0.29, 0.717) is 23.3 Å². The number of thioether (sulfide) groups is 1. The van der Waals surface area contributed by atoms with Gasteiger partial charge in [0.25, 0.3) is 5.91 Å². The van der Waals surface area contributed by atoms with Crippen LogP contribution in [0.15, 0.2) is 30.5 Å². The Morgan fingerprint density at radius 1 is 1.11 bits per heavy atom. The molecule has 2 fully saturated rings. The Balaban J connectivity index is 1.32. The topological polar surface area (TPSA) is 54.3 Å². The Hall–Kier alpha value is -1.57. The fourth-order valence-corrected chi connectivity index (χ4v) is 4.85. The fourth-order valence-electron chi connectivity index (χ4n) is 3.79. The molecule has 2 aliphatic heterocycles. The summed E-state index contributed by atoms with van der Waals surface area (Å²) in [6.45, 7) is 4.55. The first kappa shape index (κ1) is 18.8. The molecule has 1 aromatic heterocycles. The number of aromatic nitrogens is 3. The highest BCUT2D eigenvalue weighted by Crippen LogP contribution is 2.21. The molecule has 4 rings (SSSR count). The minimum atomic E-state index is -0.00925. The smallest absolute Gasteiger partial charge is 0.276 e. The van der Waals surface area contributed by atoms with Crippen LogP contribution in [0, 0.1) is 0 Å². The molecular formula is C19H24ClN5OS. The van der Waals surface area contributed by atoms with Gasteiger partial charge in [-0.1, -0.05) is 28.9 Å². The Labute approximate surface area is 168 Å². The molecule has 2 aromatic rings. The van der Waals surface area contributed by atoms with E-state index in [1.807, 2.05) is 40.9 Å². The number of carbonyl (C=O) groups is 1. The third kappa shape index (κ3) is 4.65. The summed E-state index contributed by atoms with van der Waals surface area (Å²) in [6, 6.07) is 8.23. The van der Waals surface area contributed by atoms with E-state index in [0.717, 1.165) is 31.5 Å². The highest BCUT2D eigenvalue weighted by molar-refractivity contribution is 7.99. The Morgan fingerprint density at radius 2 is 1.81 bits per heavy atom. The van der Waals surface area contributed by atoms with Crippen molar-refractivity contribution in [3.63, 3.8) is 0 Å². The van der Waals surface area contributed by atoms with E-state index in [4.69, 9.17) is 11.6 Å². The average Bonchev–Trinajstić information content (AvgIpc) is 3.18. The highest BCUT2D eigenvalue weighted by Gasteiger charge is 2.29. The van der Waals surface area contributed by atoms with E-state index in [1.165, 1.54) is 24.6 Å². The van der Waals surface area contributed by atoms with Gasteiger partial charge in [-0.3, -0.25) is 9.69 Å². The van der Waals surface area contributed by atoms with E-state index < -0.39 is 0 Å². The first-order chi connectivity index (χ1) is 13.2. The normalized spacial score (nSPS) is 19.4. The molecule has 0 spiro atoms. The predicted octanol–water partition coefficient (Wildman–Crippen LogP) is 2.63. The number of carbonyl (C=O) groups excluding carboxylic acids is 1. The fraction of sp³-hybridized carbons (Fsp3) is 0.526. The second-order valence-corrected chi connectivity index (χ2v) is 8.76. The van der Waals surface area contributed by atoms with Gasteiger partial charge in [-0.2, -0.15) is 11.8 Å². The largest absolute Gasteiger partial charge is 0.337 e. The summed E-state index contributed by atoms with van der Waals surface area (Å²) >= 11 is 7.96. The number of piperidine rings is 1. The minimum Gasteiger partial charge on any atom is -0.337 e. The summed E-state index contributed by atoms with van der Waals surface area (Å²) in [4.78, 5) is 17.3. The zero-order valence-electron chi connectivity index (χ0n) is 15.3. The molecule has 1 aromatic carbocycles. The van der Waals surface area contributed by atoms with Crippen LogP contribution in [0.3, 0.4) is 0 Å². The molecule has 3 heterocycles. The Kier molecular flexibility index (Phi) is 6.00. The molecule has 2 saturated heterocycles. The van der Waals surface area contributed by atoms with Gasteiger partial charge < -0.3 is 4.90 Å². The second kappa shape index (κ2) is 8.63. The number of hydrogen-bond donors (Lipinski definition) is 0. The predicted molar refractivity (Wildman–Crippen MR) is 108 cm³/mol. The van der Waals surface area contributed by atoms with Crippen LogP contribution >= 0.6 is 23.4 Å². The van der Waals surface area contributed by atoms with Crippen molar-refractivity contribution in [2.24, 2.45) is 0 Å². The minimum absolute atomic E-state index is 0.00925. The molecule has 144 valence electrons. The molecule has 0 radical (unpaired) electrons. The van der Waals surface area contributed by atoms with Gasteiger partial charge in [0, 0.05) is 48.7 Å². The molecule has 0 unspecified atom stereocenters. The van der Waals surface area contributed by atoms with Crippen molar-refractivity contribution in [1.29, 1.82) is 0 Å². The van der Waals surface area contributed by atoms with Gasteiger partial charge in [-0.25, -0.2) is 4.68 Å². The summed E-state index contributed by atoms with van der Waals surface area (Å²) < 4.78 is 1.70. The number of hydrogen-bond acceptors (Lipinski definition) is 5. The van der Waals surface area contributed by atoms with Gasteiger partial charge in [-0.15, -0.1) is 5.10 Å². The highest BCUT2D eigenvalue weighted by atomic mass is 35.5. The van der Waals surface area contributed by atoms with Crippen LogP contribution in [0.2, 0.25) is 5.02 Å². The number of benzene rings is 1. The number of halogens is 1. The molecule has 2 aliphatic rings. The van der Waals surface area contributed by atoms with Crippen LogP contribution in [-0.4, -0.2) is 74.4 Å². The molecule has 27 heavy (non-hydrogen) atoms. The molecule has 8 heteroatoms. The van der Waals surface area contributed by atoms with E-state index in [-0.39, 0.29) is 5.91 Å². The Morgan fingerprint density at radius 3 is 2.52 bits per heavy atom. The standard InChI is InChI=1S/C19H24ClN5OS/c20-16-3-1-15(2-4-16)13-25-14-18(21-22-25)19(26)24-7-5-17(6-8-24)23-9-11-27-12-10-23/h1-4,14,17H,5-13H2. The first-order valence-corrected chi connectivity index (χ1v) is 11.0. The summed E-state index contributed by atoms with van der Waals surface area (Å²) in [5.41, 5.74) is 1.50. The van der Waals surface area contributed by atoms with Crippen molar-refractivity contribution < 1.29 is 4.79 Å². The quantitative estimate of drug-likeness (QED) is 0.782. The number of likely N-dealkylation sites (tertiary alicyclic amines) is 1. The first-order valence-electron chi connectivity index (χ1n) is 9.45. The van der Waals surface area contributed by atoms with Crippen LogP contribution < -0.4 is 0 Å². The third-order valence-electron chi connectivity index (χ3n) is 5.33. The van der Waals surface area contributed by atoms with Crippen molar-refractivity contribution in [3.05, 3.63) is 46.7 Å². The second-order valence-electron chi connectivity index (χ2n) is 7.10. The summed E-state index contributed by atoms with van der Waals surface area (Å²) in [7, 11) is 0. The SMILES string of the molecule is O=C(c1cn(Cc2ccc(Cl)cc2)nn1)N1CCC(N2CCSCC2)CC1. The average molecular weight is 406 g/mol. The Bertz CT molecular complexity index is 767. The van der Waals surface area contributed by atoms with Crippen molar-refractivity contribution in [2.75, 3.05) is 37.7 Å². The van der Waals surface area contributed by atoms with Crippen molar-refractivity contribution >= 4 is 29.3 Å². The molecule has 1 amide bonds. The van der Waals surface area contributed by atoms with Gasteiger partial charge in [0.15, 0.2) is 5.69 Å². The summed E-state index contributed by atoms with van der Waals surface area (Å²) in [6.07, 6.45) is 3.84. The van der Waals surface area contributed by atoms with Gasteiger partial charge in [0.2, 0.25) is 0 Å². The zero-order valence-corrected chi connectivity index (χ0v) is 16.8. The zero-order chi connectivity index (χ0) is 18.6. The lowest BCUT2D eigenvalue weighted by atomic mass is 10.0. The van der Waals surface area contributed by atoms with Crippen molar-refractivity contribution in [3.8, 4) is 0 Å². The van der Waals surface area contributed by atoms with Crippen LogP contribution in [0.1, 0.15) is 28.9 Å². The molecule has 6 nitrogen and oxygen atoms in total. The van der Waals surface area contributed by atoms with Gasteiger partial charge in [-0.05, 0) is 30.5 Å². The number of nitrogens with zero attached hydrogens (tertiary/aromatic N) is 5. The lowest BCUT2D eigenvalue weighted by molar-refractivity contribution is 0.0625. The summed E-state index contributed by atoms with van der Waals surface area (Å²) in [5.74, 6) is 2.45. The van der Waals surface area contributed by atoms with Crippen LogP contribution in [0.4, 0.5) is 0 Å². The lowest BCUT2D eigenvalue weighted by Crippen LogP contribution is -2.49. The number of rotatable bonds is 4. The van der Waals surface area contributed by atoms with Crippen LogP contribution in [0.25, 0.3) is 0 Å². The molecule has 0 atom stereocenters. The number of amides is 1. The third-order valence-corrected chi connectivity index (χ3v) is 6.52. The van der Waals surface area contributed by atoms with E-state index in [2.05, 4.69) is 15.2 Å². The molecular weight excluding hydrogens is 382 g/mol. The van der Waals surface area contributed by atoms with Crippen molar-refractivity contribution in [1.82, 2.24) is 24.8 Å². The van der Waals surface area contributed by atoms with Gasteiger partial charge in [0.1, 0.15) is 0 Å². The van der Waals surface area contributed by atoms with E-state index in [1.54, 1.807) is 10.9 Å². The maximum Gasteiger partial charge on any atom is 0.276 e. The molecule has 0 saturated carbocycles. The van der Waals surface area contributed by atoms with Crippen LogP contribution in [-0.2, 0) is 6.54 Å². The van der Waals surface area contributed by atoms with Crippen LogP contribution in [0.5, 0.6) is 0 Å². The molecule has 0 bridgehead atoms. The maximum atomic E-state index is 12.8. The van der Waals surface area contributed by atoms with Crippen molar-refractivity contribution in [2.45, 2.75) is 25.4 Å². The lowest BCUT2D eigenvalue weighted by Gasteiger charge is -2.39. The molecule has 0 N–H and O–H groups in total. The monoisotopic (exact) mass is 405 g/mol. The molecule has 0 aliphatic carbocycles. The van der Waals surface area contributed by atoms with E-state index in [9.17, 15) is 4.79 Å². The van der Waals surface area contributed by atoms with Gasteiger partial charge >= 0.3 is 0 Å². The summed E-state index contributed by atoms with van der Waals surface area (Å²) in [5, 5.41) is 8.92.